The van der Waals surface area contributed by atoms with Crippen LogP contribution in [-0.4, -0.2) is 26.9 Å². The van der Waals surface area contributed by atoms with Gasteiger partial charge in [0.25, 0.3) is 0 Å². The van der Waals surface area contributed by atoms with Gasteiger partial charge < -0.3 is 14.0 Å². The fourth-order valence-electron chi connectivity index (χ4n) is 2.05. The molecule has 2 aromatic heterocycles. The Kier molecular flexibility index (Phi) is 3.58. The lowest BCUT2D eigenvalue weighted by Crippen LogP contribution is -1.92. The second-order valence-electron chi connectivity index (χ2n) is 4.91. The molecule has 0 spiro atoms. The second-order valence-corrected chi connectivity index (χ2v) is 5.85. The molecule has 8 heteroatoms. The number of hydrogen-bond donors (Lipinski definition) is 0. The minimum Gasteiger partial charge on any atom is -0.454 e. The Morgan fingerprint density at radius 1 is 1.13 bits per heavy atom. The van der Waals surface area contributed by atoms with Crippen molar-refractivity contribution in [3.05, 3.63) is 42.0 Å². The maximum Gasteiger partial charge on any atom is 0.237 e. The zero-order valence-corrected chi connectivity index (χ0v) is 13.0. The fourth-order valence-corrected chi connectivity index (χ4v) is 2.67. The predicted octanol–water partition coefficient (Wildman–Crippen LogP) is 2.86. The van der Waals surface area contributed by atoms with E-state index in [4.69, 9.17) is 14.0 Å². The van der Waals surface area contributed by atoms with E-state index in [1.165, 1.54) is 11.8 Å². The van der Waals surface area contributed by atoms with Crippen molar-refractivity contribution in [2.24, 2.45) is 0 Å². The van der Waals surface area contributed by atoms with Gasteiger partial charge in [0, 0.05) is 18.0 Å². The lowest BCUT2D eigenvalue weighted by Gasteiger charge is -1.97. The van der Waals surface area contributed by atoms with Gasteiger partial charge in [-0.3, -0.25) is 0 Å². The van der Waals surface area contributed by atoms with Crippen LogP contribution in [0.15, 0.2) is 40.3 Å². The van der Waals surface area contributed by atoms with E-state index >= 15 is 0 Å². The second kappa shape index (κ2) is 5.88. The first kappa shape index (κ1) is 14.0. The summed E-state index contributed by atoms with van der Waals surface area (Å²) in [7, 11) is 0. The summed E-state index contributed by atoms with van der Waals surface area (Å²) in [6.07, 6.45) is 3.56. The molecule has 3 heterocycles. The van der Waals surface area contributed by atoms with E-state index in [0.717, 1.165) is 16.9 Å². The van der Waals surface area contributed by atoms with Crippen LogP contribution in [0, 0.1) is 6.92 Å². The SMILES string of the molecule is Cc1cnc(SCc2nc(-c3ccc4c(c3)OCO4)no2)nc1. The summed E-state index contributed by atoms with van der Waals surface area (Å²) in [4.78, 5) is 12.8. The Balaban J connectivity index is 1.47. The highest BCUT2D eigenvalue weighted by molar-refractivity contribution is 7.98. The lowest BCUT2D eigenvalue weighted by atomic mass is 10.2. The number of aromatic nitrogens is 4. The summed E-state index contributed by atoms with van der Waals surface area (Å²) in [5.41, 5.74) is 1.85. The van der Waals surface area contributed by atoms with E-state index in [2.05, 4.69) is 20.1 Å². The van der Waals surface area contributed by atoms with Crippen LogP contribution in [-0.2, 0) is 5.75 Å². The highest BCUT2D eigenvalue weighted by Crippen LogP contribution is 2.35. The number of aryl methyl sites for hydroxylation is 1. The molecule has 23 heavy (non-hydrogen) atoms. The van der Waals surface area contributed by atoms with E-state index in [0.29, 0.717) is 28.4 Å². The van der Waals surface area contributed by atoms with Gasteiger partial charge in [0.2, 0.25) is 18.5 Å². The molecular weight excluding hydrogens is 316 g/mol. The minimum absolute atomic E-state index is 0.240. The lowest BCUT2D eigenvalue weighted by molar-refractivity contribution is 0.174. The first-order valence-electron chi connectivity index (χ1n) is 6.92. The third-order valence-corrected chi connectivity index (χ3v) is 4.04. The number of hydrogen-bond acceptors (Lipinski definition) is 8. The molecular formula is C15H12N4O3S. The molecule has 116 valence electrons. The van der Waals surface area contributed by atoms with Crippen LogP contribution < -0.4 is 9.47 Å². The predicted molar refractivity (Wildman–Crippen MR) is 82.2 cm³/mol. The molecule has 0 amide bonds. The molecule has 7 nitrogen and oxygen atoms in total. The van der Waals surface area contributed by atoms with Crippen LogP contribution in [0.3, 0.4) is 0 Å². The third-order valence-electron chi connectivity index (χ3n) is 3.18. The minimum atomic E-state index is 0.240. The maximum absolute atomic E-state index is 5.35. The van der Waals surface area contributed by atoms with Crippen molar-refractivity contribution >= 4 is 11.8 Å². The van der Waals surface area contributed by atoms with E-state index in [1.807, 2.05) is 25.1 Å². The molecule has 1 aliphatic heterocycles. The zero-order chi connectivity index (χ0) is 15.6. The van der Waals surface area contributed by atoms with Crippen molar-refractivity contribution in [2.45, 2.75) is 17.8 Å². The van der Waals surface area contributed by atoms with Crippen LogP contribution in [0.1, 0.15) is 11.5 Å². The quantitative estimate of drug-likeness (QED) is 0.534. The van der Waals surface area contributed by atoms with Gasteiger partial charge >= 0.3 is 0 Å². The monoisotopic (exact) mass is 328 g/mol. The zero-order valence-electron chi connectivity index (χ0n) is 12.2. The molecule has 0 radical (unpaired) electrons. The summed E-state index contributed by atoms with van der Waals surface area (Å²) >= 11 is 1.45. The van der Waals surface area contributed by atoms with Crippen LogP contribution in [0.25, 0.3) is 11.4 Å². The van der Waals surface area contributed by atoms with E-state index in [-0.39, 0.29) is 6.79 Å². The molecule has 0 saturated heterocycles. The number of thioether (sulfide) groups is 1. The molecule has 3 aromatic rings. The van der Waals surface area contributed by atoms with Gasteiger partial charge in [0.15, 0.2) is 16.7 Å². The van der Waals surface area contributed by atoms with Crippen molar-refractivity contribution in [2.75, 3.05) is 6.79 Å². The van der Waals surface area contributed by atoms with Crippen molar-refractivity contribution in [3.63, 3.8) is 0 Å². The molecule has 1 aliphatic rings. The van der Waals surface area contributed by atoms with Gasteiger partial charge in [-0.25, -0.2) is 9.97 Å². The number of nitrogens with zero attached hydrogens (tertiary/aromatic N) is 4. The fraction of sp³-hybridized carbons (Fsp3) is 0.200. The number of rotatable bonds is 4. The van der Waals surface area contributed by atoms with Crippen LogP contribution >= 0.6 is 11.8 Å². The van der Waals surface area contributed by atoms with E-state index in [1.54, 1.807) is 12.4 Å². The third kappa shape index (κ3) is 2.98. The number of benzene rings is 1. The summed E-state index contributed by atoms with van der Waals surface area (Å²) in [6, 6.07) is 5.55. The normalized spacial score (nSPS) is 12.6. The Labute approximate surface area is 136 Å². The van der Waals surface area contributed by atoms with Gasteiger partial charge in [0.05, 0.1) is 5.75 Å². The Morgan fingerprint density at radius 3 is 2.83 bits per heavy atom. The van der Waals surface area contributed by atoms with Gasteiger partial charge in [-0.1, -0.05) is 16.9 Å². The molecule has 4 rings (SSSR count). The topological polar surface area (TPSA) is 83.2 Å². The Morgan fingerprint density at radius 2 is 1.96 bits per heavy atom. The van der Waals surface area contributed by atoms with Crippen LogP contribution in [0.2, 0.25) is 0 Å². The number of fused-ring (bicyclic) bond motifs is 1. The molecule has 0 saturated carbocycles. The molecule has 0 unspecified atom stereocenters. The first-order valence-corrected chi connectivity index (χ1v) is 7.90. The summed E-state index contributed by atoms with van der Waals surface area (Å²) in [5.74, 6) is 2.97. The standard InChI is InChI=1S/C15H12N4O3S/c1-9-5-16-15(17-6-9)23-7-13-18-14(19-22-13)10-2-3-11-12(4-10)21-8-20-11/h2-6H,7-8H2,1H3. The summed E-state index contributed by atoms with van der Waals surface area (Å²) < 4.78 is 15.9. The van der Waals surface area contributed by atoms with Gasteiger partial charge in [0.1, 0.15) is 0 Å². The summed E-state index contributed by atoms with van der Waals surface area (Å²) in [5, 5.41) is 4.68. The average Bonchev–Trinajstić information content (AvgIpc) is 3.22. The highest BCUT2D eigenvalue weighted by Gasteiger charge is 2.16. The van der Waals surface area contributed by atoms with E-state index < -0.39 is 0 Å². The van der Waals surface area contributed by atoms with Crippen LogP contribution in [0.4, 0.5) is 0 Å². The molecule has 0 bridgehead atoms. The first-order chi connectivity index (χ1) is 11.3. The van der Waals surface area contributed by atoms with E-state index in [9.17, 15) is 0 Å². The molecule has 1 aromatic carbocycles. The smallest absolute Gasteiger partial charge is 0.237 e. The molecule has 0 atom stereocenters. The highest BCUT2D eigenvalue weighted by atomic mass is 32.2. The van der Waals surface area contributed by atoms with Crippen molar-refractivity contribution in [1.82, 2.24) is 20.1 Å². The molecule has 0 N–H and O–H groups in total. The maximum atomic E-state index is 5.35. The van der Waals surface area contributed by atoms with Gasteiger partial charge in [-0.15, -0.1) is 0 Å². The van der Waals surface area contributed by atoms with Crippen molar-refractivity contribution < 1.29 is 14.0 Å². The van der Waals surface area contributed by atoms with Gasteiger partial charge in [-0.2, -0.15) is 4.98 Å². The number of ether oxygens (including phenoxy) is 2. The average molecular weight is 328 g/mol. The largest absolute Gasteiger partial charge is 0.454 e. The Bertz CT molecular complexity index is 835. The van der Waals surface area contributed by atoms with Gasteiger partial charge in [-0.05, 0) is 30.7 Å². The van der Waals surface area contributed by atoms with Crippen molar-refractivity contribution in [3.8, 4) is 22.9 Å². The Hall–Kier alpha value is -2.61. The van der Waals surface area contributed by atoms with Crippen molar-refractivity contribution in [1.29, 1.82) is 0 Å². The van der Waals surface area contributed by atoms with Crippen LogP contribution in [0.5, 0.6) is 11.5 Å². The molecule has 0 aliphatic carbocycles. The summed E-state index contributed by atoms with van der Waals surface area (Å²) in [6.45, 7) is 2.19. The molecule has 0 fully saturated rings.